The van der Waals surface area contributed by atoms with Gasteiger partial charge in [0.1, 0.15) is 36.9 Å². The number of rotatable bonds is 28. The van der Waals surface area contributed by atoms with Crippen LogP contribution < -0.4 is 0 Å². The van der Waals surface area contributed by atoms with Gasteiger partial charge in [0.15, 0.2) is 25.0 Å². The molecule has 0 aromatic heterocycles. The van der Waals surface area contributed by atoms with Crippen molar-refractivity contribution < 1.29 is 59.6 Å². The molecule has 2 fully saturated rings. The van der Waals surface area contributed by atoms with Crippen molar-refractivity contribution in [3.8, 4) is 0 Å². The first-order valence-corrected chi connectivity index (χ1v) is 37.1. The molecule has 0 saturated carbocycles. The average Bonchev–Trinajstić information content (AvgIpc) is 3.92. The zero-order valence-corrected chi connectivity index (χ0v) is 42.8. The molecule has 0 aromatic carbocycles. The van der Waals surface area contributed by atoms with Crippen LogP contribution >= 0.6 is 0 Å². The Balaban J connectivity index is 1.85. The van der Waals surface area contributed by atoms with Gasteiger partial charge in [0.25, 0.3) is 0 Å². The standard InChI is InChI=1S/C38H70O13Si6/c1-17-33(39)43-27-37(29-45-35(41)31(3)4)48-56(37,15)25-23-53(9,10)50-52(7,8)22-20-19-21-47-55(13,14)51-54(11,12)24-26-57(16)38(49-57,28-44-34(40)18-2)30-46-36(42)32(5)6/h17-18H,1-3,5,19-30H2,4,6-16H3. The van der Waals surface area contributed by atoms with E-state index in [1.165, 1.54) is 0 Å². The Kier molecular flexibility index (Phi) is 17.9. The highest BCUT2D eigenvalue weighted by atomic mass is 28.4. The van der Waals surface area contributed by atoms with Crippen molar-refractivity contribution in [2.45, 2.75) is 133 Å². The molecule has 4 unspecified atom stereocenters. The number of esters is 4. The van der Waals surface area contributed by atoms with Crippen LogP contribution in [0.4, 0.5) is 0 Å². The Labute approximate surface area is 347 Å². The van der Waals surface area contributed by atoms with Gasteiger partial charge in [-0.3, -0.25) is 0 Å². The molecule has 0 amide bonds. The van der Waals surface area contributed by atoms with Gasteiger partial charge in [0.05, 0.1) is 0 Å². The van der Waals surface area contributed by atoms with E-state index < -0.39 is 84.5 Å². The van der Waals surface area contributed by atoms with Crippen LogP contribution in [0.15, 0.2) is 49.6 Å². The second-order valence-electron chi connectivity index (χ2n) is 18.2. The monoisotopic (exact) mass is 902 g/mol. The Hall–Kier alpha value is -2.06. The van der Waals surface area contributed by atoms with Crippen LogP contribution in [-0.2, 0) is 59.6 Å². The minimum atomic E-state index is -2.44. The van der Waals surface area contributed by atoms with E-state index in [9.17, 15) is 19.2 Å². The number of hydrogen-bond acceptors (Lipinski definition) is 13. The SMILES string of the molecule is C=CC(=O)OCC1(COC(=O)C(=C)C)O[Si]1(C)CC[Si](C)(C)O[Si](C)(C)CCCCO[Si](C)(C)O[Si](C)(C)CC[Si]1(C)OC1(COC(=O)C=C)COC(=O)C(=C)C. The van der Waals surface area contributed by atoms with E-state index in [0.717, 1.165) is 55.2 Å². The van der Waals surface area contributed by atoms with Gasteiger partial charge in [-0.15, -0.1) is 0 Å². The number of ether oxygens (including phenoxy) is 4. The molecule has 13 nitrogen and oxygen atoms in total. The maximum Gasteiger partial charge on any atom is 0.333 e. The fraction of sp³-hybridized carbons (Fsp3) is 0.684. The third-order valence-corrected chi connectivity index (χ3v) is 33.9. The van der Waals surface area contributed by atoms with Gasteiger partial charge in [0, 0.05) is 29.9 Å². The van der Waals surface area contributed by atoms with Gasteiger partial charge in [-0.25, -0.2) is 19.2 Å². The van der Waals surface area contributed by atoms with Crippen LogP contribution in [-0.4, -0.2) is 118 Å². The first kappa shape index (κ1) is 51.1. The summed E-state index contributed by atoms with van der Waals surface area (Å²) in [5, 5.41) is -1.61. The molecule has 0 spiro atoms. The zero-order chi connectivity index (χ0) is 43.7. The van der Waals surface area contributed by atoms with Gasteiger partial charge in [-0.05, 0) is 116 Å². The lowest BCUT2D eigenvalue weighted by Gasteiger charge is -2.35. The van der Waals surface area contributed by atoms with Crippen molar-refractivity contribution in [3.05, 3.63) is 49.6 Å². The molecule has 57 heavy (non-hydrogen) atoms. The highest BCUT2D eigenvalue weighted by molar-refractivity contribution is 6.88. The molecular weight excluding hydrogens is 833 g/mol. The maximum absolute atomic E-state index is 12.2. The summed E-state index contributed by atoms with van der Waals surface area (Å²) in [5.41, 5.74) is 0.592. The van der Waals surface area contributed by atoms with Crippen molar-refractivity contribution >= 4 is 74.0 Å². The molecule has 19 heteroatoms. The fourth-order valence-electron chi connectivity index (χ4n) is 6.93. The number of carbonyl (C=O) groups is 4. The van der Waals surface area contributed by atoms with Crippen LogP contribution in [0.5, 0.6) is 0 Å². The van der Waals surface area contributed by atoms with Gasteiger partial charge in [-0.1, -0.05) is 32.7 Å². The van der Waals surface area contributed by atoms with Crippen molar-refractivity contribution in [2.75, 3.05) is 33.0 Å². The molecular formula is C38H70O13Si6. The fourth-order valence-corrected chi connectivity index (χ4v) is 35.6. The van der Waals surface area contributed by atoms with E-state index >= 15 is 0 Å². The first-order valence-electron chi connectivity index (χ1n) is 19.7. The first-order chi connectivity index (χ1) is 26.0. The van der Waals surface area contributed by atoms with Gasteiger partial charge >= 0.3 is 32.4 Å². The topological polar surface area (TPSA) is 158 Å². The van der Waals surface area contributed by atoms with Gasteiger partial charge < -0.3 is 40.5 Å². The largest absolute Gasteiger partial charge is 0.460 e. The lowest BCUT2D eigenvalue weighted by Crippen LogP contribution is -2.47. The van der Waals surface area contributed by atoms with Crippen LogP contribution in [0.25, 0.3) is 0 Å². The highest BCUT2D eigenvalue weighted by Crippen LogP contribution is 2.50. The molecule has 2 aliphatic rings. The van der Waals surface area contributed by atoms with E-state index in [2.05, 4.69) is 91.8 Å². The maximum atomic E-state index is 12.2. The van der Waals surface area contributed by atoms with Crippen LogP contribution in [0.1, 0.15) is 26.7 Å². The van der Waals surface area contributed by atoms with Crippen molar-refractivity contribution in [1.29, 1.82) is 0 Å². The van der Waals surface area contributed by atoms with E-state index in [0.29, 0.717) is 17.8 Å². The molecule has 0 radical (unpaired) electrons. The summed E-state index contributed by atoms with van der Waals surface area (Å²) in [6.07, 6.45) is 4.12. The lowest BCUT2D eigenvalue weighted by atomic mass is 10.3. The summed E-state index contributed by atoms with van der Waals surface area (Å²) in [5.74, 6) is -2.09. The van der Waals surface area contributed by atoms with Crippen LogP contribution in [0.2, 0.25) is 95.7 Å². The molecule has 4 atom stereocenters. The Morgan fingerprint density at radius 1 is 0.596 bits per heavy atom. The van der Waals surface area contributed by atoms with Crippen molar-refractivity contribution in [2.24, 2.45) is 0 Å². The molecule has 0 bridgehead atoms. The quantitative estimate of drug-likeness (QED) is 0.0189. The van der Waals surface area contributed by atoms with E-state index in [1.54, 1.807) is 13.8 Å². The van der Waals surface area contributed by atoms with E-state index in [4.69, 9.17) is 40.5 Å². The molecule has 324 valence electrons. The van der Waals surface area contributed by atoms with Crippen LogP contribution in [0.3, 0.4) is 0 Å². The smallest absolute Gasteiger partial charge is 0.333 e. The summed E-state index contributed by atoms with van der Waals surface area (Å²) >= 11 is 0. The zero-order valence-electron chi connectivity index (χ0n) is 36.8. The lowest BCUT2D eigenvalue weighted by molar-refractivity contribution is -0.146. The minimum Gasteiger partial charge on any atom is -0.460 e. The second kappa shape index (κ2) is 20.0. The van der Waals surface area contributed by atoms with Crippen molar-refractivity contribution in [1.82, 2.24) is 0 Å². The number of unbranched alkanes of at least 4 members (excludes halogenated alkanes) is 1. The number of carbonyl (C=O) groups excluding carboxylic acids is 4. The predicted molar refractivity (Wildman–Crippen MR) is 236 cm³/mol. The van der Waals surface area contributed by atoms with Crippen molar-refractivity contribution in [3.63, 3.8) is 0 Å². The molecule has 2 saturated heterocycles. The Bertz CT molecular complexity index is 1420. The Morgan fingerprint density at radius 3 is 1.35 bits per heavy atom. The summed E-state index contributed by atoms with van der Waals surface area (Å²) < 4.78 is 54.4. The average molecular weight is 903 g/mol. The van der Waals surface area contributed by atoms with E-state index in [-0.39, 0.29) is 26.4 Å². The van der Waals surface area contributed by atoms with Gasteiger partial charge in [-0.2, -0.15) is 0 Å². The summed E-state index contributed by atoms with van der Waals surface area (Å²) in [4.78, 5) is 48.0. The molecule has 2 heterocycles. The molecule has 0 aliphatic carbocycles. The number of hydrogen-bond donors (Lipinski definition) is 0. The predicted octanol–water partition coefficient (Wildman–Crippen LogP) is 7.60. The highest BCUT2D eigenvalue weighted by Gasteiger charge is 2.71. The molecule has 0 N–H and O–H groups in total. The van der Waals surface area contributed by atoms with Gasteiger partial charge in [0.2, 0.25) is 16.6 Å². The minimum absolute atomic E-state index is 0.00415. The summed E-state index contributed by atoms with van der Waals surface area (Å²) in [7, 11) is -13.5. The molecule has 2 aliphatic heterocycles. The summed E-state index contributed by atoms with van der Waals surface area (Å²) in [6.45, 7) is 39.9. The third kappa shape index (κ3) is 15.8. The third-order valence-electron chi connectivity index (χ3n) is 10.6. The Morgan fingerprint density at radius 2 is 0.965 bits per heavy atom. The summed E-state index contributed by atoms with van der Waals surface area (Å²) in [6, 6.07) is 4.31. The normalized spacial score (nSPS) is 24.5. The van der Waals surface area contributed by atoms with Crippen LogP contribution in [0, 0.1) is 0 Å². The second-order valence-corrected chi connectivity index (χ2v) is 43.1. The van der Waals surface area contributed by atoms with E-state index in [1.807, 2.05) is 0 Å². The molecule has 2 rings (SSSR count). The molecule has 0 aromatic rings.